The molecule has 0 aliphatic carbocycles. The smallest absolute Gasteiger partial charge is 0.251 e. The minimum Gasteiger partial charge on any atom is -0.310 e. The third-order valence-electron chi connectivity index (χ3n) is 1.90. The van der Waals surface area contributed by atoms with E-state index in [1.54, 1.807) is 17.8 Å². The summed E-state index contributed by atoms with van der Waals surface area (Å²) in [6.45, 7) is 6.36. The van der Waals surface area contributed by atoms with Crippen molar-refractivity contribution in [2.75, 3.05) is 0 Å². The average molecular weight is 226 g/mol. The SMILES string of the molecule is CCCc1cc(=O)[nH]c(CSC(C)C)n1. The van der Waals surface area contributed by atoms with Crippen molar-refractivity contribution in [1.29, 1.82) is 0 Å². The molecular weight excluding hydrogens is 208 g/mol. The summed E-state index contributed by atoms with van der Waals surface area (Å²) in [5, 5.41) is 0.560. The number of rotatable bonds is 5. The summed E-state index contributed by atoms with van der Waals surface area (Å²) >= 11 is 1.79. The van der Waals surface area contributed by atoms with E-state index in [0.717, 1.165) is 30.1 Å². The van der Waals surface area contributed by atoms with Crippen molar-refractivity contribution in [2.24, 2.45) is 0 Å². The summed E-state index contributed by atoms with van der Waals surface area (Å²) in [5.41, 5.74) is 0.869. The predicted molar refractivity (Wildman–Crippen MR) is 65.3 cm³/mol. The first-order valence-electron chi connectivity index (χ1n) is 5.32. The van der Waals surface area contributed by atoms with Crippen LogP contribution >= 0.6 is 11.8 Å². The third-order valence-corrected chi connectivity index (χ3v) is 3.01. The van der Waals surface area contributed by atoms with E-state index < -0.39 is 0 Å². The van der Waals surface area contributed by atoms with Gasteiger partial charge in [-0.25, -0.2) is 4.98 Å². The molecule has 1 rings (SSSR count). The second-order valence-corrected chi connectivity index (χ2v) is 5.36. The lowest BCUT2D eigenvalue weighted by atomic mass is 10.2. The van der Waals surface area contributed by atoms with Gasteiger partial charge in [0.1, 0.15) is 5.82 Å². The predicted octanol–water partition coefficient (Wildman–Crippen LogP) is 2.36. The molecule has 0 spiro atoms. The van der Waals surface area contributed by atoms with Gasteiger partial charge < -0.3 is 4.98 Å². The maximum absolute atomic E-state index is 11.3. The molecule has 0 saturated carbocycles. The van der Waals surface area contributed by atoms with Crippen LogP contribution < -0.4 is 5.56 Å². The molecule has 4 heteroatoms. The highest BCUT2D eigenvalue weighted by Gasteiger charge is 2.02. The van der Waals surface area contributed by atoms with Gasteiger partial charge in [-0.1, -0.05) is 27.2 Å². The van der Waals surface area contributed by atoms with Crippen LogP contribution in [-0.4, -0.2) is 15.2 Å². The number of nitrogens with zero attached hydrogens (tertiary/aromatic N) is 1. The van der Waals surface area contributed by atoms with Crippen molar-refractivity contribution in [3.05, 3.63) is 27.9 Å². The van der Waals surface area contributed by atoms with Gasteiger partial charge >= 0.3 is 0 Å². The largest absolute Gasteiger partial charge is 0.310 e. The average Bonchev–Trinajstić information content (AvgIpc) is 2.14. The van der Waals surface area contributed by atoms with Gasteiger partial charge in [0, 0.05) is 11.8 Å². The Balaban J connectivity index is 2.75. The Morgan fingerprint density at radius 3 is 2.87 bits per heavy atom. The first kappa shape index (κ1) is 12.3. The highest BCUT2D eigenvalue weighted by molar-refractivity contribution is 7.99. The highest BCUT2D eigenvalue weighted by atomic mass is 32.2. The van der Waals surface area contributed by atoms with Crippen LogP contribution in [0.15, 0.2) is 10.9 Å². The Labute approximate surface area is 94.7 Å². The quantitative estimate of drug-likeness (QED) is 0.838. The van der Waals surface area contributed by atoms with Gasteiger partial charge in [0.05, 0.1) is 5.75 Å². The first-order chi connectivity index (χ1) is 7.11. The molecule has 3 nitrogen and oxygen atoms in total. The number of aromatic nitrogens is 2. The number of H-pyrrole nitrogens is 1. The van der Waals surface area contributed by atoms with E-state index in [0.29, 0.717) is 5.25 Å². The molecule has 0 atom stereocenters. The lowest BCUT2D eigenvalue weighted by molar-refractivity contribution is 0.844. The summed E-state index contributed by atoms with van der Waals surface area (Å²) in [4.78, 5) is 18.5. The van der Waals surface area contributed by atoms with E-state index in [2.05, 4.69) is 30.7 Å². The molecule has 1 heterocycles. The Hall–Kier alpha value is -0.770. The molecule has 0 radical (unpaired) electrons. The van der Waals surface area contributed by atoms with Crippen LogP contribution in [0.2, 0.25) is 0 Å². The monoisotopic (exact) mass is 226 g/mol. The standard InChI is InChI=1S/C11H18N2OS/c1-4-5-9-6-11(14)13-10(12-9)7-15-8(2)3/h6,8H,4-5,7H2,1-3H3,(H,12,13,14). The van der Waals surface area contributed by atoms with E-state index in [1.165, 1.54) is 0 Å². The van der Waals surface area contributed by atoms with Gasteiger partial charge in [-0.3, -0.25) is 4.79 Å². The Morgan fingerprint density at radius 1 is 1.53 bits per heavy atom. The van der Waals surface area contributed by atoms with Gasteiger partial charge in [-0.2, -0.15) is 11.8 Å². The van der Waals surface area contributed by atoms with Crippen LogP contribution in [0.4, 0.5) is 0 Å². The van der Waals surface area contributed by atoms with Crippen molar-refractivity contribution in [3.63, 3.8) is 0 Å². The maximum Gasteiger partial charge on any atom is 0.251 e. The van der Waals surface area contributed by atoms with Gasteiger partial charge in [0.15, 0.2) is 0 Å². The summed E-state index contributed by atoms with van der Waals surface area (Å²) in [7, 11) is 0. The Kier molecular flexibility index (Phi) is 4.88. The van der Waals surface area contributed by atoms with E-state index in [-0.39, 0.29) is 5.56 Å². The highest BCUT2D eigenvalue weighted by Crippen LogP contribution is 2.13. The van der Waals surface area contributed by atoms with Crippen molar-refractivity contribution in [1.82, 2.24) is 9.97 Å². The lowest BCUT2D eigenvalue weighted by Gasteiger charge is -2.05. The first-order valence-corrected chi connectivity index (χ1v) is 6.37. The minimum absolute atomic E-state index is 0.0344. The van der Waals surface area contributed by atoms with Crippen LogP contribution in [0.3, 0.4) is 0 Å². The topological polar surface area (TPSA) is 45.8 Å². The number of aryl methyl sites for hydroxylation is 1. The van der Waals surface area contributed by atoms with Gasteiger partial charge in [-0.05, 0) is 11.7 Å². The van der Waals surface area contributed by atoms with Crippen molar-refractivity contribution < 1.29 is 0 Å². The van der Waals surface area contributed by atoms with Crippen LogP contribution in [0, 0.1) is 0 Å². The van der Waals surface area contributed by atoms with E-state index >= 15 is 0 Å². The van der Waals surface area contributed by atoms with Gasteiger partial charge in [-0.15, -0.1) is 0 Å². The number of nitrogens with one attached hydrogen (secondary N) is 1. The third kappa shape index (κ3) is 4.51. The number of aromatic amines is 1. The number of thioether (sulfide) groups is 1. The zero-order chi connectivity index (χ0) is 11.3. The molecule has 15 heavy (non-hydrogen) atoms. The van der Waals surface area contributed by atoms with E-state index in [1.807, 2.05) is 0 Å². The molecule has 0 bridgehead atoms. The second kappa shape index (κ2) is 5.95. The molecule has 1 aromatic rings. The zero-order valence-corrected chi connectivity index (χ0v) is 10.4. The molecule has 0 saturated heterocycles. The van der Waals surface area contributed by atoms with Crippen LogP contribution in [0.5, 0.6) is 0 Å². The molecule has 1 N–H and O–H groups in total. The van der Waals surface area contributed by atoms with Crippen molar-refractivity contribution in [3.8, 4) is 0 Å². The molecule has 0 unspecified atom stereocenters. The van der Waals surface area contributed by atoms with E-state index in [4.69, 9.17) is 0 Å². The van der Waals surface area contributed by atoms with Crippen molar-refractivity contribution in [2.45, 2.75) is 44.6 Å². The fraction of sp³-hybridized carbons (Fsp3) is 0.636. The fourth-order valence-corrected chi connectivity index (χ4v) is 1.89. The lowest BCUT2D eigenvalue weighted by Crippen LogP contribution is -2.12. The van der Waals surface area contributed by atoms with Crippen LogP contribution in [-0.2, 0) is 12.2 Å². The second-order valence-electron chi connectivity index (χ2n) is 3.79. The van der Waals surface area contributed by atoms with Crippen LogP contribution in [0.1, 0.15) is 38.7 Å². The van der Waals surface area contributed by atoms with Crippen molar-refractivity contribution >= 4 is 11.8 Å². The maximum atomic E-state index is 11.3. The molecule has 0 aliphatic rings. The van der Waals surface area contributed by atoms with E-state index in [9.17, 15) is 4.79 Å². The molecule has 0 fully saturated rings. The summed E-state index contributed by atoms with van der Waals surface area (Å²) in [5.74, 6) is 1.58. The molecule has 0 aromatic carbocycles. The summed E-state index contributed by atoms with van der Waals surface area (Å²) in [6, 6.07) is 1.59. The molecule has 84 valence electrons. The normalized spacial score (nSPS) is 10.9. The number of hydrogen-bond acceptors (Lipinski definition) is 3. The molecule has 1 aromatic heterocycles. The van der Waals surface area contributed by atoms with Crippen LogP contribution in [0.25, 0.3) is 0 Å². The van der Waals surface area contributed by atoms with Gasteiger partial charge in [0.25, 0.3) is 5.56 Å². The Morgan fingerprint density at radius 2 is 2.27 bits per heavy atom. The summed E-state index contributed by atoms with van der Waals surface area (Å²) in [6.07, 6.45) is 1.90. The molecular formula is C11H18N2OS. The Bertz CT molecular complexity index is 360. The summed E-state index contributed by atoms with van der Waals surface area (Å²) < 4.78 is 0. The van der Waals surface area contributed by atoms with Gasteiger partial charge in [0.2, 0.25) is 0 Å². The minimum atomic E-state index is -0.0344. The molecule has 0 aliphatic heterocycles. The fourth-order valence-electron chi connectivity index (χ4n) is 1.26. The number of hydrogen-bond donors (Lipinski definition) is 1. The molecule has 0 amide bonds. The zero-order valence-electron chi connectivity index (χ0n) is 9.54.